The highest BCUT2D eigenvalue weighted by molar-refractivity contribution is 5.75. The Labute approximate surface area is 104 Å². The van der Waals surface area contributed by atoms with Gasteiger partial charge in [-0.15, -0.1) is 0 Å². The second kappa shape index (κ2) is 5.53. The highest BCUT2D eigenvalue weighted by Crippen LogP contribution is 2.44. The lowest BCUT2D eigenvalue weighted by Crippen LogP contribution is -2.35. The van der Waals surface area contributed by atoms with Crippen molar-refractivity contribution in [3.63, 3.8) is 0 Å². The van der Waals surface area contributed by atoms with Crippen LogP contribution in [-0.4, -0.2) is 12.6 Å². The van der Waals surface area contributed by atoms with Gasteiger partial charge in [0.05, 0.1) is 12.7 Å². The van der Waals surface area contributed by atoms with E-state index in [-0.39, 0.29) is 17.3 Å². The van der Waals surface area contributed by atoms with Gasteiger partial charge in [-0.3, -0.25) is 4.79 Å². The highest BCUT2D eigenvalue weighted by atomic mass is 16.5. The van der Waals surface area contributed by atoms with Crippen molar-refractivity contribution in [2.24, 2.45) is 23.2 Å². The van der Waals surface area contributed by atoms with E-state index >= 15 is 0 Å². The predicted molar refractivity (Wildman–Crippen MR) is 66.0 cm³/mol. The van der Waals surface area contributed by atoms with Crippen molar-refractivity contribution < 1.29 is 9.53 Å². The average Bonchev–Trinajstić information content (AvgIpc) is 2.15. The smallest absolute Gasteiger partial charge is 0.323 e. The number of carbonyl (C=O) groups is 1. The second-order valence-corrected chi connectivity index (χ2v) is 6.03. The van der Waals surface area contributed by atoms with E-state index < -0.39 is 5.92 Å². The molecule has 0 amide bonds. The van der Waals surface area contributed by atoms with Crippen LogP contribution in [-0.2, 0) is 9.53 Å². The lowest BCUT2D eigenvalue weighted by molar-refractivity contribution is -0.148. The molecule has 0 aromatic heterocycles. The van der Waals surface area contributed by atoms with Gasteiger partial charge in [0.25, 0.3) is 0 Å². The number of hydrogen-bond acceptors (Lipinski definition) is 3. The van der Waals surface area contributed by atoms with Crippen LogP contribution in [0.25, 0.3) is 0 Å². The molecule has 3 atom stereocenters. The fourth-order valence-corrected chi connectivity index (χ4v) is 3.26. The van der Waals surface area contributed by atoms with Crippen LogP contribution >= 0.6 is 0 Å². The van der Waals surface area contributed by atoms with E-state index in [1.54, 1.807) is 6.92 Å². The molecular formula is C14H23NO2. The molecule has 96 valence electrons. The molecule has 17 heavy (non-hydrogen) atoms. The summed E-state index contributed by atoms with van der Waals surface area (Å²) in [6.07, 6.45) is 3.07. The van der Waals surface area contributed by atoms with Crippen molar-refractivity contribution in [1.29, 1.82) is 5.26 Å². The van der Waals surface area contributed by atoms with Crippen LogP contribution in [0, 0.1) is 34.5 Å². The first-order valence-electron chi connectivity index (χ1n) is 6.46. The van der Waals surface area contributed by atoms with Crippen LogP contribution in [0.15, 0.2) is 0 Å². The van der Waals surface area contributed by atoms with E-state index in [1.165, 1.54) is 6.42 Å². The zero-order chi connectivity index (χ0) is 13.1. The van der Waals surface area contributed by atoms with E-state index in [1.807, 2.05) is 0 Å². The maximum absolute atomic E-state index is 11.7. The average molecular weight is 237 g/mol. The Kier molecular flexibility index (Phi) is 4.56. The molecule has 0 aromatic carbocycles. The minimum Gasteiger partial charge on any atom is -0.465 e. The SMILES string of the molecule is CCOC(=O)C(C#N)C1CC(C)CC(C)(C)C1. The summed E-state index contributed by atoms with van der Waals surface area (Å²) in [5.41, 5.74) is 0.226. The van der Waals surface area contributed by atoms with Crippen LogP contribution in [0.1, 0.15) is 47.0 Å². The van der Waals surface area contributed by atoms with Gasteiger partial charge in [-0.25, -0.2) is 0 Å². The zero-order valence-corrected chi connectivity index (χ0v) is 11.3. The Morgan fingerprint density at radius 1 is 1.53 bits per heavy atom. The van der Waals surface area contributed by atoms with Gasteiger partial charge in [0.1, 0.15) is 5.92 Å². The van der Waals surface area contributed by atoms with Gasteiger partial charge in [-0.05, 0) is 43.4 Å². The summed E-state index contributed by atoms with van der Waals surface area (Å²) < 4.78 is 4.99. The summed E-state index contributed by atoms with van der Waals surface area (Å²) >= 11 is 0. The summed E-state index contributed by atoms with van der Waals surface area (Å²) in [5.74, 6) is -0.200. The predicted octanol–water partition coefficient (Wildman–Crippen LogP) is 3.15. The van der Waals surface area contributed by atoms with Crippen molar-refractivity contribution in [1.82, 2.24) is 0 Å². The summed E-state index contributed by atoms with van der Waals surface area (Å²) in [6.45, 7) is 8.76. The maximum atomic E-state index is 11.7. The first-order valence-corrected chi connectivity index (χ1v) is 6.46. The molecule has 1 aliphatic rings. The molecule has 1 saturated carbocycles. The number of nitriles is 1. The minimum atomic E-state index is -0.586. The van der Waals surface area contributed by atoms with Crippen molar-refractivity contribution in [3.8, 4) is 6.07 Å². The third-order valence-corrected chi connectivity index (χ3v) is 3.57. The number of esters is 1. The summed E-state index contributed by atoms with van der Waals surface area (Å²) in [6, 6.07) is 2.14. The van der Waals surface area contributed by atoms with Gasteiger partial charge < -0.3 is 4.74 Å². The van der Waals surface area contributed by atoms with Crippen LogP contribution in [0.5, 0.6) is 0 Å². The first-order chi connectivity index (χ1) is 7.89. The molecule has 3 heteroatoms. The topological polar surface area (TPSA) is 50.1 Å². The van der Waals surface area contributed by atoms with E-state index in [2.05, 4.69) is 26.8 Å². The number of rotatable bonds is 3. The molecule has 0 bridgehead atoms. The zero-order valence-electron chi connectivity index (χ0n) is 11.3. The van der Waals surface area contributed by atoms with Crippen molar-refractivity contribution in [2.45, 2.75) is 47.0 Å². The quantitative estimate of drug-likeness (QED) is 0.708. The molecule has 1 fully saturated rings. The van der Waals surface area contributed by atoms with Crippen molar-refractivity contribution in [2.75, 3.05) is 6.61 Å². The Morgan fingerprint density at radius 2 is 2.18 bits per heavy atom. The van der Waals surface area contributed by atoms with Crippen LogP contribution in [0.4, 0.5) is 0 Å². The molecule has 0 saturated heterocycles. The summed E-state index contributed by atoms with van der Waals surface area (Å²) in [4.78, 5) is 11.7. The van der Waals surface area contributed by atoms with E-state index in [9.17, 15) is 10.1 Å². The lowest BCUT2D eigenvalue weighted by atomic mass is 9.65. The number of nitrogens with zero attached hydrogens (tertiary/aromatic N) is 1. The molecule has 0 spiro atoms. The van der Waals surface area contributed by atoms with E-state index in [4.69, 9.17) is 4.74 Å². The van der Waals surface area contributed by atoms with Gasteiger partial charge in [0.2, 0.25) is 0 Å². The molecular weight excluding hydrogens is 214 g/mol. The largest absolute Gasteiger partial charge is 0.465 e. The summed E-state index contributed by atoms with van der Waals surface area (Å²) in [5, 5.41) is 9.18. The van der Waals surface area contributed by atoms with E-state index in [0.717, 1.165) is 12.8 Å². The molecule has 0 aromatic rings. The van der Waals surface area contributed by atoms with Crippen LogP contribution < -0.4 is 0 Å². The third-order valence-electron chi connectivity index (χ3n) is 3.57. The first kappa shape index (κ1) is 14.0. The number of carbonyl (C=O) groups excluding carboxylic acids is 1. The fourth-order valence-electron chi connectivity index (χ4n) is 3.26. The van der Waals surface area contributed by atoms with Crippen LogP contribution in [0.3, 0.4) is 0 Å². The Hall–Kier alpha value is -1.04. The third kappa shape index (κ3) is 3.73. The van der Waals surface area contributed by atoms with Gasteiger partial charge in [-0.1, -0.05) is 20.8 Å². The number of ether oxygens (including phenoxy) is 1. The monoisotopic (exact) mass is 237 g/mol. The van der Waals surface area contributed by atoms with Crippen molar-refractivity contribution in [3.05, 3.63) is 0 Å². The molecule has 0 N–H and O–H groups in total. The van der Waals surface area contributed by atoms with E-state index in [0.29, 0.717) is 12.5 Å². The molecule has 1 rings (SSSR count). The molecule has 0 radical (unpaired) electrons. The highest BCUT2D eigenvalue weighted by Gasteiger charge is 2.39. The standard InChI is InChI=1S/C14H23NO2/c1-5-17-13(16)12(9-15)11-6-10(2)7-14(3,4)8-11/h10-12H,5-8H2,1-4H3. The van der Waals surface area contributed by atoms with Crippen LogP contribution in [0.2, 0.25) is 0 Å². The Bertz CT molecular complexity index is 317. The van der Waals surface area contributed by atoms with Gasteiger partial charge in [0, 0.05) is 0 Å². The maximum Gasteiger partial charge on any atom is 0.323 e. The fraction of sp³-hybridized carbons (Fsp3) is 0.857. The van der Waals surface area contributed by atoms with Gasteiger partial charge >= 0.3 is 5.97 Å². The molecule has 3 nitrogen and oxygen atoms in total. The molecule has 3 unspecified atom stereocenters. The molecule has 0 heterocycles. The normalized spacial score (nSPS) is 29.1. The second-order valence-electron chi connectivity index (χ2n) is 6.03. The van der Waals surface area contributed by atoms with Gasteiger partial charge in [-0.2, -0.15) is 5.26 Å². The lowest BCUT2D eigenvalue weighted by Gasteiger charge is -2.40. The molecule has 1 aliphatic carbocycles. The molecule has 0 aliphatic heterocycles. The van der Waals surface area contributed by atoms with Gasteiger partial charge in [0.15, 0.2) is 0 Å². The Balaban J connectivity index is 2.76. The Morgan fingerprint density at radius 3 is 2.65 bits per heavy atom. The minimum absolute atomic E-state index is 0.151. The van der Waals surface area contributed by atoms with Crippen molar-refractivity contribution >= 4 is 5.97 Å². The number of hydrogen-bond donors (Lipinski definition) is 0. The summed E-state index contributed by atoms with van der Waals surface area (Å²) in [7, 11) is 0.